The van der Waals surface area contributed by atoms with Crippen molar-refractivity contribution in [1.29, 1.82) is 0 Å². The van der Waals surface area contributed by atoms with E-state index in [2.05, 4.69) is 15.9 Å². The highest BCUT2D eigenvalue weighted by Crippen LogP contribution is 2.28. The van der Waals surface area contributed by atoms with E-state index in [0.717, 1.165) is 5.56 Å². The third-order valence-electron chi connectivity index (χ3n) is 3.46. The topological polar surface area (TPSA) is 26.0 Å². The summed E-state index contributed by atoms with van der Waals surface area (Å²) >= 11 is 3.08. The Labute approximate surface area is 125 Å². The average molecular weight is 340 g/mol. The summed E-state index contributed by atoms with van der Waals surface area (Å²) in [5, 5.41) is 0. The van der Waals surface area contributed by atoms with Gasteiger partial charge in [0.1, 0.15) is 11.6 Å². The summed E-state index contributed by atoms with van der Waals surface area (Å²) in [6.07, 6.45) is 0.257. The minimum Gasteiger partial charge on any atom is -0.324 e. The second kappa shape index (κ2) is 6.46. The molecule has 2 atom stereocenters. The molecule has 0 aliphatic carbocycles. The zero-order valence-electron chi connectivity index (χ0n) is 11.1. The Morgan fingerprint density at radius 2 is 1.75 bits per heavy atom. The van der Waals surface area contributed by atoms with Crippen LogP contribution in [0.4, 0.5) is 8.78 Å². The maximum atomic E-state index is 14.0. The Balaban J connectivity index is 2.20. The van der Waals surface area contributed by atoms with Crippen molar-refractivity contribution in [2.24, 2.45) is 11.7 Å². The molecule has 0 saturated carbocycles. The predicted octanol–water partition coefficient (Wildman–Crippen LogP) is 4.61. The first-order valence-electron chi connectivity index (χ1n) is 6.43. The SMILES string of the molecule is CC(Cc1c(F)ccc(Br)c1F)C(N)c1ccccc1. The largest absolute Gasteiger partial charge is 0.324 e. The predicted molar refractivity (Wildman–Crippen MR) is 80.3 cm³/mol. The molecule has 2 rings (SSSR count). The number of rotatable bonds is 4. The van der Waals surface area contributed by atoms with E-state index in [4.69, 9.17) is 5.73 Å². The molecule has 2 aromatic rings. The molecule has 20 heavy (non-hydrogen) atoms. The Hall–Kier alpha value is -1.26. The van der Waals surface area contributed by atoms with Crippen molar-refractivity contribution in [2.75, 3.05) is 0 Å². The summed E-state index contributed by atoms with van der Waals surface area (Å²) in [7, 11) is 0. The quantitative estimate of drug-likeness (QED) is 0.809. The summed E-state index contributed by atoms with van der Waals surface area (Å²) in [5.74, 6) is -1.15. The van der Waals surface area contributed by atoms with Crippen molar-refractivity contribution < 1.29 is 8.78 Å². The van der Waals surface area contributed by atoms with E-state index >= 15 is 0 Å². The van der Waals surface area contributed by atoms with Gasteiger partial charge in [0.15, 0.2) is 0 Å². The van der Waals surface area contributed by atoms with Gasteiger partial charge >= 0.3 is 0 Å². The summed E-state index contributed by atoms with van der Waals surface area (Å²) < 4.78 is 28.0. The van der Waals surface area contributed by atoms with Gasteiger partial charge in [-0.05, 0) is 46.0 Å². The van der Waals surface area contributed by atoms with E-state index in [1.54, 1.807) is 0 Å². The second-order valence-electron chi connectivity index (χ2n) is 4.94. The molecule has 2 aromatic carbocycles. The maximum absolute atomic E-state index is 14.0. The standard InChI is InChI=1S/C16H16BrF2N/c1-10(16(20)11-5-3-2-4-6-11)9-12-14(18)8-7-13(17)15(12)19/h2-8,10,16H,9,20H2,1H3. The van der Waals surface area contributed by atoms with Gasteiger partial charge in [0, 0.05) is 11.6 Å². The van der Waals surface area contributed by atoms with E-state index in [-0.39, 0.29) is 28.4 Å². The Kier molecular flexibility index (Phi) is 4.89. The maximum Gasteiger partial charge on any atom is 0.143 e. The van der Waals surface area contributed by atoms with Crippen LogP contribution in [0.1, 0.15) is 24.1 Å². The molecule has 2 N–H and O–H groups in total. The highest BCUT2D eigenvalue weighted by atomic mass is 79.9. The van der Waals surface area contributed by atoms with Crippen LogP contribution in [-0.4, -0.2) is 0 Å². The number of benzene rings is 2. The van der Waals surface area contributed by atoms with Gasteiger partial charge in [-0.1, -0.05) is 37.3 Å². The van der Waals surface area contributed by atoms with Crippen LogP contribution in [0.3, 0.4) is 0 Å². The summed E-state index contributed by atoms with van der Waals surface area (Å²) in [6, 6.07) is 12.0. The molecule has 0 aromatic heterocycles. The molecular formula is C16H16BrF2N. The zero-order chi connectivity index (χ0) is 14.7. The first-order valence-corrected chi connectivity index (χ1v) is 7.23. The van der Waals surface area contributed by atoms with Gasteiger partial charge in [-0.3, -0.25) is 0 Å². The third-order valence-corrected chi connectivity index (χ3v) is 4.07. The first-order chi connectivity index (χ1) is 9.50. The highest BCUT2D eigenvalue weighted by Gasteiger charge is 2.20. The molecule has 0 saturated heterocycles. The lowest BCUT2D eigenvalue weighted by atomic mass is 9.89. The zero-order valence-corrected chi connectivity index (χ0v) is 12.7. The number of nitrogens with two attached hydrogens (primary N) is 1. The molecule has 4 heteroatoms. The van der Waals surface area contributed by atoms with Crippen LogP contribution in [-0.2, 0) is 6.42 Å². The van der Waals surface area contributed by atoms with Crippen LogP contribution < -0.4 is 5.73 Å². The van der Waals surface area contributed by atoms with Crippen LogP contribution in [0.2, 0.25) is 0 Å². The average Bonchev–Trinajstić information content (AvgIpc) is 2.47. The van der Waals surface area contributed by atoms with Gasteiger partial charge in [-0.2, -0.15) is 0 Å². The normalized spacial score (nSPS) is 14.1. The third kappa shape index (κ3) is 3.25. The van der Waals surface area contributed by atoms with Crippen LogP contribution in [0.25, 0.3) is 0 Å². The summed E-state index contributed by atoms with van der Waals surface area (Å²) in [4.78, 5) is 0. The summed E-state index contributed by atoms with van der Waals surface area (Å²) in [6.45, 7) is 1.90. The van der Waals surface area contributed by atoms with Gasteiger partial charge in [0.25, 0.3) is 0 Å². The first kappa shape index (κ1) is 15.1. The van der Waals surface area contributed by atoms with Crippen molar-refractivity contribution in [2.45, 2.75) is 19.4 Å². The van der Waals surface area contributed by atoms with Crippen LogP contribution in [0, 0.1) is 17.6 Å². The molecule has 0 aliphatic rings. The molecule has 0 spiro atoms. The fourth-order valence-corrected chi connectivity index (χ4v) is 2.58. The lowest BCUT2D eigenvalue weighted by Crippen LogP contribution is -2.21. The number of hydrogen-bond donors (Lipinski definition) is 1. The van der Waals surface area contributed by atoms with Crippen molar-refractivity contribution in [3.05, 3.63) is 69.7 Å². The van der Waals surface area contributed by atoms with E-state index in [1.165, 1.54) is 12.1 Å². The molecule has 1 nitrogen and oxygen atoms in total. The van der Waals surface area contributed by atoms with Crippen LogP contribution in [0.5, 0.6) is 0 Å². The number of hydrogen-bond acceptors (Lipinski definition) is 1. The van der Waals surface area contributed by atoms with Crippen LogP contribution >= 0.6 is 15.9 Å². The molecule has 0 amide bonds. The van der Waals surface area contributed by atoms with E-state index in [1.807, 2.05) is 37.3 Å². The van der Waals surface area contributed by atoms with Crippen molar-refractivity contribution in [3.8, 4) is 0 Å². The molecule has 0 bridgehead atoms. The lowest BCUT2D eigenvalue weighted by molar-refractivity contribution is 0.442. The minimum absolute atomic E-state index is 0.0734. The van der Waals surface area contributed by atoms with Crippen LogP contribution in [0.15, 0.2) is 46.9 Å². The number of halogens is 3. The highest BCUT2D eigenvalue weighted by molar-refractivity contribution is 9.10. The fraction of sp³-hybridized carbons (Fsp3) is 0.250. The smallest absolute Gasteiger partial charge is 0.143 e. The van der Waals surface area contributed by atoms with Gasteiger partial charge in [-0.25, -0.2) is 8.78 Å². The minimum atomic E-state index is -0.544. The lowest BCUT2D eigenvalue weighted by Gasteiger charge is -2.21. The van der Waals surface area contributed by atoms with Crippen molar-refractivity contribution >= 4 is 15.9 Å². The summed E-state index contributed by atoms with van der Waals surface area (Å²) in [5.41, 5.74) is 7.22. The van der Waals surface area contributed by atoms with E-state index in [0.29, 0.717) is 0 Å². The molecule has 106 valence electrons. The Morgan fingerprint density at radius 3 is 2.40 bits per heavy atom. The second-order valence-corrected chi connectivity index (χ2v) is 5.79. The molecule has 2 unspecified atom stereocenters. The molecule has 0 aliphatic heterocycles. The van der Waals surface area contributed by atoms with Crippen molar-refractivity contribution in [3.63, 3.8) is 0 Å². The van der Waals surface area contributed by atoms with Gasteiger partial charge in [0.05, 0.1) is 4.47 Å². The Morgan fingerprint density at radius 1 is 1.10 bits per heavy atom. The monoisotopic (exact) mass is 339 g/mol. The fourth-order valence-electron chi connectivity index (χ4n) is 2.21. The van der Waals surface area contributed by atoms with E-state index < -0.39 is 11.6 Å². The Bertz CT molecular complexity index is 587. The van der Waals surface area contributed by atoms with Gasteiger partial charge in [0.2, 0.25) is 0 Å². The molecule has 0 fully saturated rings. The van der Waals surface area contributed by atoms with Gasteiger partial charge in [-0.15, -0.1) is 0 Å². The van der Waals surface area contributed by atoms with Crippen molar-refractivity contribution in [1.82, 2.24) is 0 Å². The molecule has 0 radical (unpaired) electrons. The molecular weight excluding hydrogens is 324 g/mol. The van der Waals surface area contributed by atoms with E-state index in [9.17, 15) is 8.78 Å². The molecule has 0 heterocycles. The van der Waals surface area contributed by atoms with Gasteiger partial charge < -0.3 is 5.73 Å².